The maximum Gasteiger partial charge on any atom is 0.0606 e. The lowest BCUT2D eigenvalue weighted by Gasteiger charge is -2.24. The van der Waals surface area contributed by atoms with Crippen molar-refractivity contribution in [1.29, 1.82) is 0 Å². The summed E-state index contributed by atoms with van der Waals surface area (Å²) >= 11 is 0. The van der Waals surface area contributed by atoms with Crippen LogP contribution in [0.25, 0.3) is 12.2 Å². The third-order valence-corrected chi connectivity index (χ3v) is 5.29. The number of hydrogen-bond acceptors (Lipinski definition) is 4. The van der Waals surface area contributed by atoms with E-state index in [9.17, 15) is 10.2 Å². The lowest BCUT2D eigenvalue weighted by molar-refractivity contribution is 0.281. The summed E-state index contributed by atoms with van der Waals surface area (Å²) in [4.78, 5) is 4.48. The minimum atomic E-state index is 0.0754. The highest BCUT2D eigenvalue weighted by Gasteiger charge is 2.06. The summed E-state index contributed by atoms with van der Waals surface area (Å²) < 4.78 is 0. The van der Waals surface area contributed by atoms with Gasteiger partial charge in [-0.1, -0.05) is 63.1 Å². The van der Waals surface area contributed by atoms with Gasteiger partial charge in [-0.3, -0.25) is 0 Å². The molecule has 2 rings (SSSR count). The molecular weight excluding hydrogens is 372 g/mol. The van der Waals surface area contributed by atoms with Gasteiger partial charge in [0.15, 0.2) is 0 Å². The monoisotopic (exact) mass is 410 g/mol. The Balaban J connectivity index is 2.01. The maximum atomic E-state index is 9.19. The van der Waals surface area contributed by atoms with Crippen molar-refractivity contribution >= 4 is 23.5 Å². The van der Waals surface area contributed by atoms with E-state index in [-0.39, 0.29) is 13.2 Å². The van der Waals surface area contributed by atoms with Gasteiger partial charge in [-0.2, -0.15) is 0 Å². The van der Waals surface area contributed by atoms with E-state index in [2.05, 4.69) is 67.3 Å². The first-order valence-electron chi connectivity index (χ1n) is 11.3. The number of anilines is 2. The third-order valence-electron chi connectivity index (χ3n) is 5.29. The second-order valence-electron chi connectivity index (χ2n) is 7.64. The van der Waals surface area contributed by atoms with Crippen LogP contribution in [0, 0.1) is 0 Å². The Hall–Kier alpha value is -2.30. The predicted octanol–water partition coefficient (Wildman–Crippen LogP) is 5.05. The molecule has 0 unspecified atom stereocenters. The molecule has 0 aliphatic carbocycles. The van der Waals surface area contributed by atoms with E-state index >= 15 is 0 Å². The molecular formula is C26H38N2O2. The van der Waals surface area contributed by atoms with E-state index in [4.69, 9.17) is 0 Å². The van der Waals surface area contributed by atoms with Crippen LogP contribution in [0.5, 0.6) is 0 Å². The van der Waals surface area contributed by atoms with Crippen molar-refractivity contribution in [3.05, 3.63) is 59.7 Å². The lowest BCUT2D eigenvalue weighted by atomic mass is 10.1. The smallest absolute Gasteiger partial charge is 0.0606 e. The molecule has 0 radical (unpaired) electrons. The van der Waals surface area contributed by atoms with E-state index in [0.717, 1.165) is 24.3 Å². The zero-order chi connectivity index (χ0) is 21.6. The molecule has 2 aromatic rings. The molecule has 30 heavy (non-hydrogen) atoms. The fourth-order valence-corrected chi connectivity index (χ4v) is 3.46. The Morgan fingerprint density at radius 1 is 0.600 bits per heavy atom. The van der Waals surface area contributed by atoms with E-state index in [1.165, 1.54) is 36.9 Å². The van der Waals surface area contributed by atoms with Gasteiger partial charge in [-0.25, -0.2) is 0 Å². The Morgan fingerprint density at radius 3 is 1.30 bits per heavy atom. The number of unbranched alkanes of at least 4 members (excludes halogenated alkanes) is 2. The number of hydrogen-bond donors (Lipinski definition) is 2. The Kier molecular flexibility index (Phi) is 11.1. The molecule has 2 aromatic carbocycles. The van der Waals surface area contributed by atoms with Crippen LogP contribution in [-0.2, 0) is 0 Å². The van der Waals surface area contributed by atoms with Crippen LogP contribution < -0.4 is 9.80 Å². The standard InChI is InChI=1S/C26H38N2O2/c1-3-5-17-27(18-6-4-2)25-13-9-23(10-14-25)7-8-24-11-15-26(16-12-24)28(19-21-29)20-22-30/h7-16,29-30H,3-6,17-22H2,1-2H3/b8-7+. The van der Waals surface area contributed by atoms with Crippen LogP contribution in [-0.4, -0.2) is 49.6 Å². The minimum Gasteiger partial charge on any atom is -0.395 e. The number of nitrogens with zero attached hydrogens (tertiary/aromatic N) is 2. The van der Waals surface area contributed by atoms with E-state index < -0.39 is 0 Å². The summed E-state index contributed by atoms with van der Waals surface area (Å²) in [5, 5.41) is 18.4. The van der Waals surface area contributed by atoms with E-state index in [1.807, 2.05) is 17.0 Å². The lowest BCUT2D eigenvalue weighted by Crippen LogP contribution is -2.29. The van der Waals surface area contributed by atoms with Gasteiger partial charge in [-0.15, -0.1) is 0 Å². The first kappa shape index (κ1) is 24.0. The second kappa shape index (κ2) is 13.8. The molecule has 0 bridgehead atoms. The molecule has 0 saturated heterocycles. The zero-order valence-electron chi connectivity index (χ0n) is 18.6. The van der Waals surface area contributed by atoms with Gasteiger partial charge in [-0.05, 0) is 48.2 Å². The molecule has 2 N–H and O–H groups in total. The van der Waals surface area contributed by atoms with Gasteiger partial charge in [0.1, 0.15) is 0 Å². The van der Waals surface area contributed by atoms with Crippen molar-refractivity contribution in [2.24, 2.45) is 0 Å². The van der Waals surface area contributed by atoms with Crippen LogP contribution in [0.2, 0.25) is 0 Å². The SMILES string of the molecule is CCCCN(CCCC)c1ccc(/C=C/c2ccc(N(CCO)CCO)cc2)cc1. The quantitative estimate of drug-likeness (QED) is 0.428. The first-order chi connectivity index (χ1) is 14.7. The van der Waals surface area contributed by atoms with E-state index in [1.54, 1.807) is 0 Å². The van der Waals surface area contributed by atoms with Crippen molar-refractivity contribution in [2.75, 3.05) is 49.2 Å². The van der Waals surface area contributed by atoms with Gasteiger partial charge in [0.05, 0.1) is 13.2 Å². The second-order valence-corrected chi connectivity index (χ2v) is 7.64. The van der Waals surface area contributed by atoms with Gasteiger partial charge in [0, 0.05) is 37.6 Å². The summed E-state index contributed by atoms with van der Waals surface area (Å²) in [6, 6.07) is 17.1. The number of benzene rings is 2. The van der Waals surface area contributed by atoms with E-state index in [0.29, 0.717) is 13.1 Å². The zero-order valence-corrected chi connectivity index (χ0v) is 18.6. The molecule has 0 saturated carbocycles. The van der Waals surface area contributed by atoms with Crippen molar-refractivity contribution < 1.29 is 10.2 Å². The highest BCUT2D eigenvalue weighted by atomic mass is 16.3. The maximum absolute atomic E-state index is 9.19. The van der Waals surface area contributed by atoms with Crippen LogP contribution in [0.15, 0.2) is 48.5 Å². The molecule has 0 aromatic heterocycles. The highest BCUT2D eigenvalue weighted by molar-refractivity contribution is 5.71. The third kappa shape index (κ3) is 7.85. The molecule has 0 amide bonds. The molecule has 164 valence electrons. The van der Waals surface area contributed by atoms with Gasteiger partial charge in [0.25, 0.3) is 0 Å². The van der Waals surface area contributed by atoms with Crippen LogP contribution in [0.3, 0.4) is 0 Å². The number of aliphatic hydroxyl groups excluding tert-OH is 2. The summed E-state index contributed by atoms with van der Waals surface area (Å²) in [7, 11) is 0. The average molecular weight is 411 g/mol. The first-order valence-corrected chi connectivity index (χ1v) is 11.3. The largest absolute Gasteiger partial charge is 0.395 e. The van der Waals surface area contributed by atoms with Crippen LogP contribution in [0.4, 0.5) is 11.4 Å². The normalized spacial score (nSPS) is 11.2. The molecule has 0 aliphatic rings. The highest BCUT2D eigenvalue weighted by Crippen LogP contribution is 2.20. The summed E-state index contributed by atoms with van der Waals surface area (Å²) in [6.45, 7) is 7.94. The molecule has 0 spiro atoms. The molecule has 0 aliphatic heterocycles. The van der Waals surface area contributed by atoms with Crippen molar-refractivity contribution in [3.8, 4) is 0 Å². The van der Waals surface area contributed by atoms with Gasteiger partial charge < -0.3 is 20.0 Å². The summed E-state index contributed by atoms with van der Waals surface area (Å²) in [5.41, 5.74) is 4.64. The predicted molar refractivity (Wildman–Crippen MR) is 130 cm³/mol. The minimum absolute atomic E-state index is 0.0754. The molecule has 0 atom stereocenters. The summed E-state index contributed by atoms with van der Waals surface area (Å²) in [6.07, 6.45) is 9.17. The number of rotatable bonds is 14. The average Bonchev–Trinajstić information content (AvgIpc) is 2.78. The molecule has 4 heteroatoms. The fourth-order valence-electron chi connectivity index (χ4n) is 3.46. The Bertz CT molecular complexity index is 712. The van der Waals surface area contributed by atoms with Crippen molar-refractivity contribution in [3.63, 3.8) is 0 Å². The van der Waals surface area contributed by atoms with Gasteiger partial charge >= 0.3 is 0 Å². The van der Waals surface area contributed by atoms with Crippen molar-refractivity contribution in [1.82, 2.24) is 0 Å². The van der Waals surface area contributed by atoms with Gasteiger partial charge in [0.2, 0.25) is 0 Å². The van der Waals surface area contributed by atoms with Crippen molar-refractivity contribution in [2.45, 2.75) is 39.5 Å². The van der Waals surface area contributed by atoms with Crippen LogP contribution >= 0.6 is 0 Å². The van der Waals surface area contributed by atoms with Crippen LogP contribution in [0.1, 0.15) is 50.7 Å². The molecule has 0 fully saturated rings. The summed E-state index contributed by atoms with van der Waals surface area (Å²) in [5.74, 6) is 0. The topological polar surface area (TPSA) is 46.9 Å². The molecule has 4 nitrogen and oxygen atoms in total. The molecule has 0 heterocycles. The Morgan fingerprint density at radius 2 is 0.967 bits per heavy atom. The fraction of sp³-hybridized carbons (Fsp3) is 0.462. The number of aliphatic hydroxyl groups is 2. The Labute approximate surface area is 182 Å².